The maximum absolute atomic E-state index is 14.1. The Morgan fingerprint density at radius 3 is 2.35 bits per heavy atom. The average Bonchev–Trinajstić information content (AvgIpc) is 2.95. The van der Waals surface area contributed by atoms with Crippen LogP contribution in [-0.2, 0) is 16.1 Å². The minimum absolute atomic E-state index is 0.0201. The first-order valence-electron chi connectivity index (χ1n) is 15.7. The van der Waals surface area contributed by atoms with Crippen molar-refractivity contribution in [1.29, 1.82) is 0 Å². The second-order valence-corrected chi connectivity index (χ2v) is 14.0. The number of nitrogens with zero attached hydrogens (tertiary/aromatic N) is 3. The first-order valence-corrected chi connectivity index (χ1v) is 15.7. The molecule has 0 aromatic heterocycles. The van der Waals surface area contributed by atoms with Gasteiger partial charge in [0.25, 0.3) is 0 Å². The van der Waals surface area contributed by atoms with Gasteiger partial charge in [-0.25, -0.2) is 4.79 Å². The summed E-state index contributed by atoms with van der Waals surface area (Å²) in [6, 6.07) is 14.7. The number of methoxy groups -OCH3 is 2. The van der Waals surface area contributed by atoms with Crippen molar-refractivity contribution < 1.29 is 23.8 Å². The topological polar surface area (TPSA) is 71.6 Å². The van der Waals surface area contributed by atoms with Crippen LogP contribution in [0.1, 0.15) is 89.0 Å². The van der Waals surface area contributed by atoms with Crippen LogP contribution in [0.4, 0.5) is 4.79 Å². The molecule has 1 aliphatic carbocycles. The highest BCUT2D eigenvalue weighted by Crippen LogP contribution is 2.53. The summed E-state index contributed by atoms with van der Waals surface area (Å²) in [5, 5.41) is 0. The summed E-state index contributed by atoms with van der Waals surface area (Å²) in [7, 11) is 3.32. The zero-order valence-corrected chi connectivity index (χ0v) is 27.0. The highest BCUT2D eigenvalue weighted by atomic mass is 16.6. The van der Waals surface area contributed by atoms with Gasteiger partial charge in [-0.05, 0) is 75.0 Å². The number of hydrogen-bond donors (Lipinski definition) is 0. The lowest BCUT2D eigenvalue weighted by Gasteiger charge is -2.58. The first kappa shape index (κ1) is 31.2. The summed E-state index contributed by atoms with van der Waals surface area (Å²) in [6.45, 7) is 13.4. The molecule has 2 aromatic carbocycles. The van der Waals surface area contributed by atoms with Crippen molar-refractivity contribution in [3.63, 3.8) is 0 Å². The molecule has 0 bridgehead atoms. The fraction of sp³-hybridized carbons (Fsp3) is 0.600. The van der Waals surface area contributed by atoms with E-state index >= 15 is 0 Å². The number of piperidine rings is 1. The molecule has 1 atom stereocenters. The SMILES string of the molecule is COc1ccc(CN2CC(=O)N(C3CC4(CCN(C(=O)OC(C)(C)C)CC4)C3)[C@H](c3ccccc3C(C)C)C2)c(OC)c1. The summed E-state index contributed by atoms with van der Waals surface area (Å²) in [4.78, 5) is 33.0. The number of carbonyl (C=O) groups is 2. The highest BCUT2D eigenvalue weighted by molar-refractivity contribution is 5.80. The molecule has 2 heterocycles. The number of benzene rings is 2. The van der Waals surface area contributed by atoms with Gasteiger partial charge in [0.2, 0.25) is 5.91 Å². The molecule has 2 saturated heterocycles. The summed E-state index contributed by atoms with van der Waals surface area (Å²) in [5.41, 5.74) is 3.29. The van der Waals surface area contributed by atoms with Gasteiger partial charge in [0.05, 0.1) is 26.8 Å². The van der Waals surface area contributed by atoms with E-state index in [4.69, 9.17) is 14.2 Å². The Labute approximate surface area is 257 Å². The Balaban J connectivity index is 1.33. The van der Waals surface area contributed by atoms with Gasteiger partial charge >= 0.3 is 6.09 Å². The molecule has 2 aromatic rings. The predicted octanol–water partition coefficient (Wildman–Crippen LogP) is 6.39. The van der Waals surface area contributed by atoms with E-state index in [1.165, 1.54) is 11.1 Å². The maximum Gasteiger partial charge on any atom is 0.410 e. The second kappa shape index (κ2) is 12.4. The van der Waals surface area contributed by atoms with Gasteiger partial charge in [-0.3, -0.25) is 9.69 Å². The van der Waals surface area contributed by atoms with Gasteiger partial charge in [-0.1, -0.05) is 44.2 Å². The van der Waals surface area contributed by atoms with Crippen LogP contribution in [-0.4, -0.2) is 78.7 Å². The second-order valence-electron chi connectivity index (χ2n) is 14.0. The molecule has 3 fully saturated rings. The Bertz CT molecular complexity index is 1300. The average molecular weight is 592 g/mol. The smallest absolute Gasteiger partial charge is 0.410 e. The van der Waals surface area contributed by atoms with E-state index in [1.54, 1.807) is 14.2 Å². The molecule has 8 heteroatoms. The Morgan fingerprint density at radius 2 is 1.72 bits per heavy atom. The molecule has 1 saturated carbocycles. The van der Waals surface area contributed by atoms with E-state index in [0.29, 0.717) is 32.1 Å². The lowest BCUT2D eigenvalue weighted by Crippen LogP contribution is -2.62. The molecule has 2 aliphatic heterocycles. The van der Waals surface area contributed by atoms with Crippen LogP contribution in [0, 0.1) is 5.41 Å². The molecule has 0 N–H and O–H groups in total. The van der Waals surface area contributed by atoms with Gasteiger partial charge in [0, 0.05) is 43.9 Å². The standard InChI is InChI=1S/C35H49N3O5/c1-24(2)28-10-8-9-11-29(28)30-22-36(21-25-12-13-27(41-6)18-31(25)42-7)23-32(39)38(30)26-19-35(20-26)14-16-37(17-15-35)33(40)43-34(3,4)5/h8-13,18,24,26,30H,14-17,19-23H2,1-7H3/t30-/m0/s1. The maximum atomic E-state index is 14.1. The Kier molecular flexibility index (Phi) is 8.98. The van der Waals surface area contributed by atoms with E-state index in [2.05, 4.69) is 47.9 Å². The monoisotopic (exact) mass is 591 g/mol. The molecule has 5 rings (SSSR count). The van der Waals surface area contributed by atoms with E-state index in [0.717, 1.165) is 49.3 Å². The Hall–Kier alpha value is -3.26. The molecular formula is C35H49N3O5. The van der Waals surface area contributed by atoms with Gasteiger partial charge < -0.3 is 24.0 Å². The molecular weight excluding hydrogens is 542 g/mol. The van der Waals surface area contributed by atoms with E-state index in [9.17, 15) is 9.59 Å². The third-order valence-corrected chi connectivity index (χ3v) is 9.49. The number of likely N-dealkylation sites (tertiary alicyclic amines) is 1. The van der Waals surface area contributed by atoms with Crippen LogP contribution in [0.2, 0.25) is 0 Å². The van der Waals surface area contributed by atoms with Crippen LogP contribution in [0.15, 0.2) is 42.5 Å². The lowest BCUT2D eigenvalue weighted by molar-refractivity contribution is -0.153. The molecule has 0 unspecified atom stereocenters. The molecule has 3 aliphatic rings. The van der Waals surface area contributed by atoms with Crippen molar-refractivity contribution in [3.8, 4) is 11.5 Å². The quantitative estimate of drug-likeness (QED) is 0.372. The normalized spacial score (nSPS) is 21.2. The third kappa shape index (κ3) is 6.79. The van der Waals surface area contributed by atoms with Crippen molar-refractivity contribution in [3.05, 3.63) is 59.2 Å². The van der Waals surface area contributed by atoms with Gasteiger partial charge in [0.15, 0.2) is 0 Å². The summed E-state index contributed by atoms with van der Waals surface area (Å²) in [5.74, 6) is 2.07. The first-order chi connectivity index (χ1) is 20.4. The van der Waals surface area contributed by atoms with Crippen molar-refractivity contribution >= 4 is 12.0 Å². The Morgan fingerprint density at radius 1 is 1.02 bits per heavy atom. The van der Waals surface area contributed by atoms with Crippen molar-refractivity contribution in [2.24, 2.45) is 5.41 Å². The van der Waals surface area contributed by atoms with Crippen molar-refractivity contribution in [1.82, 2.24) is 14.7 Å². The number of rotatable bonds is 7. The zero-order chi connectivity index (χ0) is 30.9. The lowest BCUT2D eigenvalue weighted by atomic mass is 9.59. The number of carbonyl (C=O) groups excluding carboxylic acids is 2. The summed E-state index contributed by atoms with van der Waals surface area (Å²) < 4.78 is 16.7. The molecule has 8 nitrogen and oxygen atoms in total. The van der Waals surface area contributed by atoms with Crippen LogP contribution >= 0.6 is 0 Å². The van der Waals surface area contributed by atoms with E-state index in [-0.39, 0.29) is 29.5 Å². The van der Waals surface area contributed by atoms with Crippen LogP contribution < -0.4 is 9.47 Å². The highest BCUT2D eigenvalue weighted by Gasteiger charge is 2.52. The number of hydrogen-bond acceptors (Lipinski definition) is 6. The summed E-state index contributed by atoms with van der Waals surface area (Å²) >= 11 is 0. The minimum atomic E-state index is -0.490. The number of ether oxygens (including phenoxy) is 3. The largest absolute Gasteiger partial charge is 0.497 e. The van der Waals surface area contributed by atoms with Crippen LogP contribution in [0.5, 0.6) is 11.5 Å². The van der Waals surface area contributed by atoms with Crippen LogP contribution in [0.25, 0.3) is 0 Å². The predicted molar refractivity (Wildman–Crippen MR) is 167 cm³/mol. The van der Waals surface area contributed by atoms with E-state index in [1.807, 2.05) is 43.9 Å². The van der Waals surface area contributed by atoms with Gasteiger partial charge in [-0.2, -0.15) is 0 Å². The van der Waals surface area contributed by atoms with E-state index < -0.39 is 5.60 Å². The fourth-order valence-corrected chi connectivity index (χ4v) is 7.27. The van der Waals surface area contributed by atoms with Crippen molar-refractivity contribution in [2.75, 3.05) is 40.4 Å². The fourth-order valence-electron chi connectivity index (χ4n) is 7.27. The van der Waals surface area contributed by atoms with Gasteiger partial charge in [0.1, 0.15) is 17.1 Å². The number of amides is 2. The minimum Gasteiger partial charge on any atom is -0.497 e. The van der Waals surface area contributed by atoms with Crippen LogP contribution in [0.3, 0.4) is 0 Å². The molecule has 43 heavy (non-hydrogen) atoms. The zero-order valence-electron chi connectivity index (χ0n) is 27.0. The third-order valence-electron chi connectivity index (χ3n) is 9.49. The number of piperazine rings is 1. The summed E-state index contributed by atoms with van der Waals surface area (Å²) in [6.07, 6.45) is 3.69. The molecule has 2 amide bonds. The molecule has 0 radical (unpaired) electrons. The molecule has 234 valence electrons. The van der Waals surface area contributed by atoms with Crippen molar-refractivity contribution in [2.45, 2.75) is 90.4 Å². The molecule has 1 spiro atoms. The van der Waals surface area contributed by atoms with Gasteiger partial charge in [-0.15, -0.1) is 0 Å².